The van der Waals surface area contributed by atoms with E-state index >= 15 is 0 Å². The van der Waals surface area contributed by atoms with Gasteiger partial charge in [-0.1, -0.05) is 18.2 Å². The molecule has 94 valence electrons. The topological polar surface area (TPSA) is 43.1 Å². The maximum atomic E-state index is 4.53. The van der Waals surface area contributed by atoms with E-state index in [-0.39, 0.29) is 0 Å². The van der Waals surface area contributed by atoms with Gasteiger partial charge in [0.05, 0.1) is 17.2 Å². The van der Waals surface area contributed by atoms with Gasteiger partial charge < -0.3 is 4.57 Å². The predicted molar refractivity (Wildman–Crippen MR) is 76.9 cm³/mol. The van der Waals surface area contributed by atoms with Crippen molar-refractivity contribution >= 4 is 23.1 Å². The fraction of sp³-hybridized carbons (Fsp3) is 0.133. The van der Waals surface area contributed by atoms with Crippen LogP contribution >= 0.6 is 0 Å². The second-order valence-corrected chi connectivity index (χ2v) is 4.47. The number of benzene rings is 1. The molecule has 4 heteroatoms. The summed E-state index contributed by atoms with van der Waals surface area (Å²) in [6.45, 7) is 2.01. The highest BCUT2D eigenvalue weighted by Gasteiger charge is 2.04. The van der Waals surface area contributed by atoms with Crippen LogP contribution in [0.5, 0.6) is 0 Å². The molecule has 0 amide bonds. The second-order valence-electron chi connectivity index (χ2n) is 4.47. The van der Waals surface area contributed by atoms with E-state index in [9.17, 15) is 0 Å². The van der Waals surface area contributed by atoms with E-state index in [1.54, 1.807) is 6.21 Å². The summed E-state index contributed by atoms with van der Waals surface area (Å²) in [6.07, 6.45) is 3.55. The molecule has 0 saturated heterocycles. The van der Waals surface area contributed by atoms with E-state index in [0.29, 0.717) is 5.82 Å². The van der Waals surface area contributed by atoms with Crippen molar-refractivity contribution in [3.8, 4) is 0 Å². The molecule has 2 aromatic heterocycles. The SMILES string of the molecule is Cc1ccc(N=Cc2nc3ccccc3n2C)nc1. The molecule has 4 nitrogen and oxygen atoms in total. The lowest BCUT2D eigenvalue weighted by atomic mass is 10.3. The molecule has 3 aromatic rings. The van der Waals surface area contributed by atoms with Gasteiger partial charge in [0, 0.05) is 13.2 Å². The molecule has 0 aliphatic heterocycles. The van der Waals surface area contributed by atoms with E-state index in [2.05, 4.69) is 15.0 Å². The van der Waals surface area contributed by atoms with Gasteiger partial charge in [0.1, 0.15) is 0 Å². The number of rotatable bonds is 2. The predicted octanol–water partition coefficient (Wildman–Crippen LogP) is 3.03. The Hall–Kier alpha value is -2.49. The quantitative estimate of drug-likeness (QED) is 0.656. The fourth-order valence-electron chi connectivity index (χ4n) is 1.94. The zero-order chi connectivity index (χ0) is 13.2. The molecule has 0 aliphatic rings. The van der Waals surface area contributed by atoms with Crippen LogP contribution < -0.4 is 0 Å². The number of para-hydroxylation sites is 2. The second kappa shape index (κ2) is 4.65. The van der Waals surface area contributed by atoms with Crippen LogP contribution in [0.3, 0.4) is 0 Å². The lowest BCUT2D eigenvalue weighted by Crippen LogP contribution is -1.95. The van der Waals surface area contributed by atoms with E-state index in [0.717, 1.165) is 22.4 Å². The van der Waals surface area contributed by atoms with Crippen LogP contribution in [0.1, 0.15) is 11.4 Å². The van der Waals surface area contributed by atoms with Crippen LogP contribution in [-0.2, 0) is 7.05 Å². The zero-order valence-corrected chi connectivity index (χ0v) is 10.9. The summed E-state index contributed by atoms with van der Waals surface area (Å²) in [7, 11) is 1.99. The highest BCUT2D eigenvalue weighted by Crippen LogP contribution is 2.14. The molecule has 2 heterocycles. The molecule has 0 spiro atoms. The molecule has 3 rings (SSSR count). The number of aromatic nitrogens is 3. The van der Waals surface area contributed by atoms with Gasteiger partial charge in [0.25, 0.3) is 0 Å². The smallest absolute Gasteiger partial charge is 0.152 e. The van der Waals surface area contributed by atoms with Crippen molar-refractivity contribution in [2.24, 2.45) is 12.0 Å². The summed E-state index contributed by atoms with van der Waals surface area (Å²) in [6, 6.07) is 11.9. The first-order chi connectivity index (χ1) is 9.24. The van der Waals surface area contributed by atoms with Crippen molar-refractivity contribution in [2.75, 3.05) is 0 Å². The van der Waals surface area contributed by atoms with Gasteiger partial charge in [0.2, 0.25) is 0 Å². The molecule has 0 fully saturated rings. The molecule has 0 saturated carbocycles. The number of imidazole rings is 1. The molecular formula is C15H14N4. The van der Waals surface area contributed by atoms with Gasteiger partial charge in [-0.2, -0.15) is 0 Å². The third-order valence-electron chi connectivity index (χ3n) is 3.03. The number of nitrogens with zero attached hydrogens (tertiary/aromatic N) is 4. The Bertz CT molecular complexity index is 738. The summed E-state index contributed by atoms with van der Waals surface area (Å²) in [4.78, 5) is 13.1. The fourth-order valence-corrected chi connectivity index (χ4v) is 1.94. The van der Waals surface area contributed by atoms with Crippen LogP contribution in [0, 0.1) is 6.92 Å². The summed E-state index contributed by atoms with van der Waals surface area (Å²) in [5.74, 6) is 1.52. The van der Waals surface area contributed by atoms with Crippen LogP contribution in [0.4, 0.5) is 5.82 Å². The molecule has 0 N–H and O–H groups in total. The van der Waals surface area contributed by atoms with Gasteiger partial charge in [0.15, 0.2) is 11.6 Å². The van der Waals surface area contributed by atoms with Crippen molar-refractivity contribution < 1.29 is 0 Å². The Morgan fingerprint density at radius 2 is 2.00 bits per heavy atom. The first kappa shape index (κ1) is 11.6. The highest BCUT2D eigenvalue weighted by molar-refractivity contribution is 5.85. The summed E-state index contributed by atoms with van der Waals surface area (Å²) in [5.41, 5.74) is 3.20. The van der Waals surface area contributed by atoms with E-state index < -0.39 is 0 Å². The van der Waals surface area contributed by atoms with Crippen LogP contribution in [0.25, 0.3) is 11.0 Å². The lowest BCUT2D eigenvalue weighted by Gasteiger charge is -1.96. The van der Waals surface area contributed by atoms with Crippen molar-refractivity contribution in [1.29, 1.82) is 0 Å². The van der Waals surface area contributed by atoms with Crippen LogP contribution in [-0.4, -0.2) is 20.7 Å². The largest absolute Gasteiger partial charge is 0.326 e. The summed E-state index contributed by atoms with van der Waals surface area (Å²) >= 11 is 0. The average Bonchev–Trinajstić information content (AvgIpc) is 2.76. The Labute approximate surface area is 111 Å². The number of aryl methyl sites for hydroxylation is 2. The third kappa shape index (κ3) is 2.25. The van der Waals surface area contributed by atoms with Gasteiger partial charge in [-0.25, -0.2) is 15.0 Å². The third-order valence-corrected chi connectivity index (χ3v) is 3.03. The minimum Gasteiger partial charge on any atom is -0.326 e. The molecule has 0 aliphatic carbocycles. The minimum atomic E-state index is 0.692. The molecule has 0 atom stereocenters. The Kier molecular flexibility index (Phi) is 2.83. The van der Waals surface area contributed by atoms with Crippen molar-refractivity contribution in [1.82, 2.24) is 14.5 Å². The Morgan fingerprint density at radius 1 is 1.16 bits per heavy atom. The Balaban J connectivity index is 1.97. The molecular weight excluding hydrogens is 236 g/mol. The molecule has 1 aromatic carbocycles. The first-order valence-corrected chi connectivity index (χ1v) is 6.12. The van der Waals surface area contributed by atoms with Crippen molar-refractivity contribution in [3.05, 3.63) is 54.0 Å². The van der Waals surface area contributed by atoms with Gasteiger partial charge in [-0.15, -0.1) is 0 Å². The van der Waals surface area contributed by atoms with Gasteiger partial charge in [-0.3, -0.25) is 0 Å². The van der Waals surface area contributed by atoms with E-state index in [1.165, 1.54) is 0 Å². The number of hydrogen-bond acceptors (Lipinski definition) is 3. The van der Waals surface area contributed by atoms with Gasteiger partial charge >= 0.3 is 0 Å². The first-order valence-electron chi connectivity index (χ1n) is 6.12. The zero-order valence-electron chi connectivity index (χ0n) is 10.9. The van der Waals surface area contributed by atoms with Crippen LogP contribution in [0.15, 0.2) is 47.6 Å². The highest BCUT2D eigenvalue weighted by atomic mass is 15.1. The molecule has 0 bridgehead atoms. The lowest BCUT2D eigenvalue weighted by molar-refractivity contribution is 0.934. The van der Waals surface area contributed by atoms with E-state index in [1.807, 2.05) is 61.1 Å². The normalized spacial score (nSPS) is 11.5. The molecule has 19 heavy (non-hydrogen) atoms. The average molecular weight is 250 g/mol. The van der Waals surface area contributed by atoms with Crippen molar-refractivity contribution in [3.63, 3.8) is 0 Å². The standard InChI is InChI=1S/C15H14N4/c1-11-7-8-14(16-9-11)17-10-15-18-12-5-3-4-6-13(12)19(15)2/h3-10H,1-2H3. The summed E-state index contributed by atoms with van der Waals surface area (Å²) < 4.78 is 2.02. The Morgan fingerprint density at radius 3 is 2.74 bits per heavy atom. The van der Waals surface area contributed by atoms with Crippen molar-refractivity contribution in [2.45, 2.75) is 6.92 Å². The number of fused-ring (bicyclic) bond motifs is 1. The number of aliphatic imine (C=N–C) groups is 1. The molecule has 0 unspecified atom stereocenters. The van der Waals surface area contributed by atoms with Gasteiger partial charge in [-0.05, 0) is 30.7 Å². The molecule has 0 radical (unpaired) electrons. The maximum Gasteiger partial charge on any atom is 0.152 e. The maximum absolute atomic E-state index is 4.53. The minimum absolute atomic E-state index is 0.692. The van der Waals surface area contributed by atoms with Crippen LogP contribution in [0.2, 0.25) is 0 Å². The van der Waals surface area contributed by atoms with E-state index in [4.69, 9.17) is 0 Å². The number of hydrogen-bond donors (Lipinski definition) is 0. The summed E-state index contributed by atoms with van der Waals surface area (Å²) in [5, 5.41) is 0. The monoisotopic (exact) mass is 250 g/mol. The number of pyridine rings is 1.